The number of piperazine rings is 1. The van der Waals surface area contributed by atoms with E-state index in [-0.39, 0.29) is 47.0 Å². The van der Waals surface area contributed by atoms with Crippen LogP contribution in [0.1, 0.15) is 66.2 Å². The van der Waals surface area contributed by atoms with Gasteiger partial charge in [0.1, 0.15) is 22.9 Å². The number of allylic oxidation sites excluding steroid dienone is 1. The van der Waals surface area contributed by atoms with E-state index >= 15 is 0 Å². The molecule has 324 valence electrons. The van der Waals surface area contributed by atoms with E-state index in [1.807, 2.05) is 30.3 Å². The number of ether oxygens (including phenoxy) is 2. The molecule has 1 saturated heterocycles. The highest BCUT2D eigenvalue weighted by Gasteiger charge is 2.34. The Bertz CT molecular complexity index is 2860. The summed E-state index contributed by atoms with van der Waals surface area (Å²) >= 11 is 6.24. The summed E-state index contributed by atoms with van der Waals surface area (Å²) in [5, 5.41) is 13.8. The number of aromatic amines is 1. The highest BCUT2D eigenvalue weighted by atomic mass is 35.5. The van der Waals surface area contributed by atoms with Crippen molar-refractivity contribution >= 4 is 55.5 Å². The summed E-state index contributed by atoms with van der Waals surface area (Å²) in [7, 11) is -4.65. The molecule has 1 aliphatic carbocycles. The van der Waals surface area contributed by atoms with Gasteiger partial charge in [0.2, 0.25) is 0 Å². The van der Waals surface area contributed by atoms with Gasteiger partial charge in [-0.25, -0.2) is 18.1 Å². The summed E-state index contributed by atoms with van der Waals surface area (Å²) in [6.07, 6.45) is 8.32. The number of rotatable bonds is 11. The summed E-state index contributed by atoms with van der Waals surface area (Å²) in [5.74, 6) is -0.727. The summed E-state index contributed by atoms with van der Waals surface area (Å²) < 4.78 is 42.1. The lowest BCUT2D eigenvalue weighted by molar-refractivity contribution is -0.386. The molecular weight excluding hydrogens is 842 g/mol. The van der Waals surface area contributed by atoms with Crippen LogP contribution in [0.15, 0.2) is 114 Å². The summed E-state index contributed by atoms with van der Waals surface area (Å²) in [4.78, 5) is 41.8. The quantitative estimate of drug-likeness (QED) is 0.0940. The molecule has 0 spiro atoms. The fourth-order valence-corrected chi connectivity index (χ4v) is 9.90. The Morgan fingerprint density at radius 3 is 2.60 bits per heavy atom. The van der Waals surface area contributed by atoms with Gasteiger partial charge in [-0.15, -0.1) is 0 Å². The lowest BCUT2D eigenvalue weighted by Gasteiger charge is -2.39. The predicted octanol–water partition coefficient (Wildman–Crippen LogP) is 8.94. The Balaban J connectivity index is 0.955. The molecule has 3 aliphatic rings. The van der Waals surface area contributed by atoms with Gasteiger partial charge in [0, 0.05) is 91.0 Å². The Morgan fingerprint density at radius 1 is 1.03 bits per heavy atom. The van der Waals surface area contributed by atoms with Crippen LogP contribution >= 0.6 is 11.6 Å². The van der Waals surface area contributed by atoms with E-state index in [1.165, 1.54) is 35.0 Å². The number of aromatic nitrogens is 3. The average Bonchev–Trinajstić information content (AvgIpc) is 3.75. The van der Waals surface area contributed by atoms with Crippen molar-refractivity contribution in [3.63, 3.8) is 0 Å². The first-order valence-corrected chi connectivity index (χ1v) is 22.8. The second kappa shape index (κ2) is 17.1. The van der Waals surface area contributed by atoms with Crippen molar-refractivity contribution < 1.29 is 27.6 Å². The fourth-order valence-electron chi connectivity index (χ4n) is 8.78. The second-order valence-corrected chi connectivity index (χ2v) is 19.3. The van der Waals surface area contributed by atoms with E-state index in [1.54, 1.807) is 36.7 Å². The molecular formula is C47H46ClN7O7S. The van der Waals surface area contributed by atoms with Crippen molar-refractivity contribution in [3.05, 3.63) is 147 Å². The fraction of sp³-hybridized carbons (Fsp3) is 0.298. The van der Waals surface area contributed by atoms with Crippen LogP contribution in [0.4, 0.5) is 11.4 Å². The number of hydrogen-bond donors (Lipinski definition) is 2. The van der Waals surface area contributed by atoms with Crippen molar-refractivity contribution in [2.75, 3.05) is 44.2 Å². The third kappa shape index (κ3) is 9.13. The molecule has 6 aromatic rings. The SMILES string of the molecule is CC1(C)CCC(CN2CCN(c3ccc(C(=O)NS(=O)(=O)c4cc5c(c([N+](=O)[O-])c4)C[C@@H](c4ccccn4)CO5)c(Oc4cnc5[nH]ccc5c4)c3)CC2)=C(c2ccc(Cl)cc2)C1. The first-order chi connectivity index (χ1) is 30.3. The zero-order chi connectivity index (χ0) is 43.9. The van der Waals surface area contributed by atoms with Gasteiger partial charge in [0.05, 0.1) is 33.7 Å². The summed E-state index contributed by atoms with van der Waals surface area (Å²) in [6, 6.07) is 24.4. The van der Waals surface area contributed by atoms with Gasteiger partial charge < -0.3 is 19.4 Å². The number of benzene rings is 3. The zero-order valence-corrected chi connectivity index (χ0v) is 36.4. The highest BCUT2D eigenvalue weighted by Crippen LogP contribution is 2.44. The molecule has 63 heavy (non-hydrogen) atoms. The van der Waals surface area contributed by atoms with E-state index in [0.717, 1.165) is 61.1 Å². The van der Waals surface area contributed by atoms with E-state index < -0.39 is 31.4 Å². The lowest BCUT2D eigenvalue weighted by atomic mass is 9.72. The van der Waals surface area contributed by atoms with Crippen LogP contribution in [0.5, 0.6) is 17.2 Å². The van der Waals surface area contributed by atoms with Gasteiger partial charge in [-0.1, -0.05) is 49.2 Å². The van der Waals surface area contributed by atoms with E-state index in [2.05, 4.69) is 55.5 Å². The maximum Gasteiger partial charge on any atom is 0.277 e. The van der Waals surface area contributed by atoms with Crippen molar-refractivity contribution in [2.45, 2.75) is 50.3 Å². The molecule has 14 nitrogen and oxygen atoms in total. The number of halogens is 1. The molecule has 1 fully saturated rings. The largest absolute Gasteiger partial charge is 0.492 e. The molecule has 2 aliphatic heterocycles. The average molecular weight is 888 g/mol. The smallest absolute Gasteiger partial charge is 0.277 e. The third-order valence-electron chi connectivity index (χ3n) is 12.2. The maximum atomic E-state index is 14.0. The number of carbonyl (C=O) groups is 1. The summed E-state index contributed by atoms with van der Waals surface area (Å²) in [5.41, 5.74) is 6.24. The molecule has 3 aromatic carbocycles. The Labute approximate surface area is 370 Å². The van der Waals surface area contributed by atoms with Crippen molar-refractivity contribution in [1.29, 1.82) is 0 Å². The van der Waals surface area contributed by atoms with Gasteiger partial charge in [-0.05, 0) is 90.8 Å². The molecule has 1 atom stereocenters. The topological polar surface area (TPSA) is 173 Å². The molecule has 9 rings (SSSR count). The highest BCUT2D eigenvalue weighted by molar-refractivity contribution is 7.90. The van der Waals surface area contributed by atoms with Crippen LogP contribution in [-0.2, 0) is 16.4 Å². The molecule has 1 amide bonds. The Hall–Kier alpha value is -6.29. The first kappa shape index (κ1) is 42.0. The van der Waals surface area contributed by atoms with Gasteiger partial charge >= 0.3 is 0 Å². The van der Waals surface area contributed by atoms with Crippen LogP contribution in [0.25, 0.3) is 16.6 Å². The molecule has 3 aromatic heterocycles. The number of nitrogens with zero attached hydrogens (tertiary/aromatic N) is 5. The number of pyridine rings is 2. The van der Waals surface area contributed by atoms with E-state index in [9.17, 15) is 23.3 Å². The first-order valence-electron chi connectivity index (χ1n) is 20.9. The minimum atomic E-state index is -4.65. The molecule has 0 bridgehead atoms. The van der Waals surface area contributed by atoms with Gasteiger partial charge in [-0.3, -0.25) is 24.8 Å². The molecule has 2 N–H and O–H groups in total. The number of sulfonamides is 1. The van der Waals surface area contributed by atoms with Crippen molar-refractivity contribution in [3.8, 4) is 17.2 Å². The van der Waals surface area contributed by atoms with Crippen LogP contribution in [0.2, 0.25) is 5.02 Å². The number of H-pyrrole nitrogens is 1. The van der Waals surface area contributed by atoms with Gasteiger partial charge in [0.15, 0.2) is 0 Å². The van der Waals surface area contributed by atoms with Gasteiger partial charge in [-0.2, -0.15) is 0 Å². The number of nitrogens with one attached hydrogen (secondary N) is 2. The van der Waals surface area contributed by atoms with Crippen molar-refractivity contribution in [2.24, 2.45) is 5.41 Å². The summed E-state index contributed by atoms with van der Waals surface area (Å²) in [6.45, 7) is 8.74. The maximum absolute atomic E-state index is 14.0. The number of carbonyl (C=O) groups excluding carboxylic acids is 1. The normalized spacial score (nSPS) is 17.8. The Kier molecular flexibility index (Phi) is 11.4. The minimum absolute atomic E-state index is 0.0565. The van der Waals surface area contributed by atoms with Crippen LogP contribution in [0.3, 0.4) is 0 Å². The van der Waals surface area contributed by atoms with Crippen molar-refractivity contribution in [1.82, 2.24) is 24.6 Å². The standard InChI is InChI=1S/C47H46ClN7O7S/c1-47(2)14-12-32(40(26-47)30-6-8-34(48)9-7-30)28-53-17-19-54(20-18-53)35-10-11-38(44(23-35)62-36-21-31-13-16-50-45(31)51-27-36)46(56)52-63(59,60)37-24-42(55(57)58)39-22-33(29-61-43(39)25-37)41-5-3-4-15-49-41/h3-11,13,15-16,21,23-25,27,33H,12,14,17-20,22,26,28-29H2,1-2H3,(H,50,51)(H,52,56)/t33-/m1/s1. The number of hydrogen-bond acceptors (Lipinski definition) is 11. The number of amides is 1. The lowest BCUT2D eigenvalue weighted by Crippen LogP contribution is -2.47. The molecule has 0 radical (unpaired) electrons. The molecule has 0 unspecified atom stereocenters. The molecule has 16 heteroatoms. The molecule has 5 heterocycles. The number of nitro benzene ring substituents is 1. The van der Waals surface area contributed by atoms with Crippen LogP contribution in [0, 0.1) is 15.5 Å². The van der Waals surface area contributed by atoms with E-state index in [4.69, 9.17) is 21.1 Å². The molecule has 0 saturated carbocycles. The number of anilines is 1. The second-order valence-electron chi connectivity index (χ2n) is 17.1. The predicted molar refractivity (Wildman–Crippen MR) is 241 cm³/mol. The third-order valence-corrected chi connectivity index (χ3v) is 13.8. The van der Waals surface area contributed by atoms with Crippen LogP contribution in [-0.4, -0.2) is 78.4 Å². The number of fused-ring (bicyclic) bond motifs is 2. The minimum Gasteiger partial charge on any atom is -0.492 e. The Morgan fingerprint density at radius 2 is 1.84 bits per heavy atom. The van der Waals surface area contributed by atoms with Gasteiger partial charge in [0.25, 0.3) is 21.6 Å². The zero-order valence-electron chi connectivity index (χ0n) is 34.8. The van der Waals surface area contributed by atoms with E-state index in [0.29, 0.717) is 30.2 Å². The monoisotopic (exact) mass is 887 g/mol. The number of nitro groups is 1. The van der Waals surface area contributed by atoms with Crippen LogP contribution < -0.4 is 19.1 Å².